The Labute approximate surface area is 170 Å². The van der Waals surface area contributed by atoms with Crippen LogP contribution in [0.2, 0.25) is 0 Å². The van der Waals surface area contributed by atoms with Gasteiger partial charge < -0.3 is 19.9 Å². The number of carbonyl (C=O) groups excluding carboxylic acids is 1. The van der Waals surface area contributed by atoms with Crippen molar-refractivity contribution in [1.82, 2.24) is 5.32 Å². The van der Waals surface area contributed by atoms with E-state index in [0.717, 1.165) is 23.1 Å². The van der Waals surface area contributed by atoms with Crippen LogP contribution in [0.1, 0.15) is 44.4 Å². The minimum atomic E-state index is -1.20. The molecular formula is C23H27NO5. The number of hydrogen-bond donors (Lipinski definition) is 2. The molecule has 0 fully saturated rings. The Morgan fingerprint density at radius 3 is 2.48 bits per heavy atom. The molecule has 0 saturated heterocycles. The van der Waals surface area contributed by atoms with E-state index in [2.05, 4.69) is 23.5 Å². The molecule has 0 bridgehead atoms. The molecule has 0 heterocycles. The van der Waals surface area contributed by atoms with Crippen molar-refractivity contribution in [3.8, 4) is 11.1 Å². The Morgan fingerprint density at radius 2 is 1.79 bits per heavy atom. The number of fused-ring (bicyclic) bond motifs is 3. The number of benzene rings is 2. The van der Waals surface area contributed by atoms with Gasteiger partial charge in [0.2, 0.25) is 0 Å². The Balaban J connectivity index is 1.65. The van der Waals surface area contributed by atoms with Gasteiger partial charge in [-0.05, 0) is 61.9 Å². The standard InChI is InChI=1S/C23H27NO5/c1-14(29-23(2,3)4)20(21(25)26)24-22(27)28-13-16-9-7-11-18-17-10-6-5-8-15(17)12-19(16)18/h5-11,14,20H,12-13H2,1-4H3,(H,24,27)(H,25,26). The lowest BCUT2D eigenvalue weighted by atomic mass is 10.0. The van der Waals surface area contributed by atoms with Gasteiger partial charge in [0.1, 0.15) is 6.61 Å². The zero-order chi connectivity index (χ0) is 21.2. The normalized spacial score (nSPS) is 14.5. The minimum Gasteiger partial charge on any atom is -0.480 e. The van der Waals surface area contributed by atoms with Crippen LogP contribution in [0.25, 0.3) is 11.1 Å². The number of nitrogens with one attached hydrogen (secondary N) is 1. The van der Waals surface area contributed by atoms with Crippen LogP contribution < -0.4 is 5.32 Å². The number of carbonyl (C=O) groups is 2. The highest BCUT2D eigenvalue weighted by molar-refractivity contribution is 5.81. The van der Waals surface area contributed by atoms with Crippen LogP contribution in [-0.2, 0) is 27.3 Å². The molecule has 1 aliphatic rings. The molecule has 0 aliphatic heterocycles. The lowest BCUT2D eigenvalue weighted by Gasteiger charge is -2.29. The van der Waals surface area contributed by atoms with E-state index in [0.29, 0.717) is 0 Å². The first-order valence-electron chi connectivity index (χ1n) is 9.68. The Morgan fingerprint density at radius 1 is 1.10 bits per heavy atom. The van der Waals surface area contributed by atoms with E-state index in [1.54, 1.807) is 6.92 Å². The average molecular weight is 397 g/mol. The van der Waals surface area contributed by atoms with Gasteiger partial charge in [-0.25, -0.2) is 9.59 Å². The van der Waals surface area contributed by atoms with Gasteiger partial charge in [0, 0.05) is 0 Å². The van der Waals surface area contributed by atoms with Gasteiger partial charge in [-0.2, -0.15) is 0 Å². The van der Waals surface area contributed by atoms with Crippen LogP contribution in [0.15, 0.2) is 42.5 Å². The fourth-order valence-corrected chi connectivity index (χ4v) is 3.68. The fraction of sp³-hybridized carbons (Fsp3) is 0.391. The smallest absolute Gasteiger partial charge is 0.408 e. The zero-order valence-corrected chi connectivity index (χ0v) is 17.2. The van der Waals surface area contributed by atoms with Gasteiger partial charge in [0.15, 0.2) is 6.04 Å². The number of carboxylic acid groups (broad SMARTS) is 1. The van der Waals surface area contributed by atoms with E-state index in [1.807, 2.05) is 45.0 Å². The quantitative estimate of drug-likeness (QED) is 0.653. The van der Waals surface area contributed by atoms with Crippen molar-refractivity contribution < 1.29 is 24.2 Å². The summed E-state index contributed by atoms with van der Waals surface area (Å²) in [4.78, 5) is 23.8. The third-order valence-electron chi connectivity index (χ3n) is 4.85. The molecular weight excluding hydrogens is 370 g/mol. The van der Waals surface area contributed by atoms with Crippen LogP contribution in [0.3, 0.4) is 0 Å². The highest BCUT2D eigenvalue weighted by Crippen LogP contribution is 2.38. The summed E-state index contributed by atoms with van der Waals surface area (Å²) in [6, 6.07) is 12.9. The van der Waals surface area contributed by atoms with Gasteiger partial charge in [-0.3, -0.25) is 0 Å². The minimum absolute atomic E-state index is 0.0733. The van der Waals surface area contributed by atoms with Crippen molar-refractivity contribution in [3.63, 3.8) is 0 Å². The molecule has 29 heavy (non-hydrogen) atoms. The first-order chi connectivity index (χ1) is 13.7. The summed E-state index contributed by atoms with van der Waals surface area (Å²) >= 11 is 0. The van der Waals surface area contributed by atoms with Crippen LogP contribution in [-0.4, -0.2) is 34.9 Å². The predicted molar refractivity (Wildman–Crippen MR) is 110 cm³/mol. The highest BCUT2D eigenvalue weighted by atomic mass is 16.6. The lowest BCUT2D eigenvalue weighted by molar-refractivity contribution is -0.147. The SMILES string of the molecule is CC(OC(C)(C)C)C(NC(=O)OCc1cccc2c1Cc1ccccc1-2)C(=O)O. The predicted octanol–water partition coefficient (Wildman–Crippen LogP) is 4.14. The van der Waals surface area contributed by atoms with Gasteiger partial charge >= 0.3 is 12.1 Å². The van der Waals surface area contributed by atoms with Crippen molar-refractivity contribution in [3.05, 3.63) is 59.2 Å². The fourth-order valence-electron chi connectivity index (χ4n) is 3.68. The molecule has 3 rings (SSSR count). The maximum Gasteiger partial charge on any atom is 0.408 e. The van der Waals surface area contributed by atoms with E-state index < -0.39 is 29.8 Å². The van der Waals surface area contributed by atoms with Crippen LogP contribution >= 0.6 is 0 Å². The average Bonchev–Trinajstić information content (AvgIpc) is 3.02. The highest BCUT2D eigenvalue weighted by Gasteiger charge is 2.31. The second kappa shape index (κ2) is 8.25. The summed E-state index contributed by atoms with van der Waals surface area (Å²) < 4.78 is 11.0. The topological polar surface area (TPSA) is 84.9 Å². The van der Waals surface area contributed by atoms with Crippen molar-refractivity contribution in [2.45, 2.75) is 58.5 Å². The van der Waals surface area contributed by atoms with Crippen molar-refractivity contribution >= 4 is 12.1 Å². The third kappa shape index (κ3) is 4.95. The molecule has 6 nitrogen and oxygen atoms in total. The van der Waals surface area contributed by atoms with E-state index in [9.17, 15) is 14.7 Å². The third-order valence-corrected chi connectivity index (χ3v) is 4.85. The van der Waals surface area contributed by atoms with Gasteiger partial charge in [-0.1, -0.05) is 42.5 Å². The number of aliphatic carboxylic acids is 1. The van der Waals surface area contributed by atoms with Gasteiger partial charge in [-0.15, -0.1) is 0 Å². The number of rotatable bonds is 6. The van der Waals surface area contributed by atoms with Gasteiger partial charge in [0.05, 0.1) is 11.7 Å². The summed E-state index contributed by atoms with van der Waals surface area (Å²) in [5.74, 6) is -1.17. The van der Waals surface area contributed by atoms with Crippen LogP contribution in [0.4, 0.5) is 4.79 Å². The van der Waals surface area contributed by atoms with E-state index in [-0.39, 0.29) is 6.61 Å². The summed E-state index contributed by atoms with van der Waals surface area (Å²) in [5.41, 5.74) is 5.13. The molecule has 0 saturated carbocycles. The zero-order valence-electron chi connectivity index (χ0n) is 17.2. The molecule has 154 valence electrons. The van der Waals surface area contributed by atoms with E-state index >= 15 is 0 Å². The molecule has 0 spiro atoms. The summed E-state index contributed by atoms with van der Waals surface area (Å²) in [7, 11) is 0. The number of alkyl carbamates (subject to hydrolysis) is 1. The molecule has 2 aromatic carbocycles. The molecule has 2 atom stereocenters. The second-order valence-corrected chi connectivity index (χ2v) is 8.25. The summed E-state index contributed by atoms with van der Waals surface area (Å²) in [6.45, 7) is 7.17. The molecule has 0 aromatic heterocycles. The second-order valence-electron chi connectivity index (χ2n) is 8.25. The molecule has 6 heteroatoms. The maximum absolute atomic E-state index is 12.3. The molecule has 2 aromatic rings. The van der Waals surface area contributed by atoms with E-state index in [1.165, 1.54) is 11.1 Å². The van der Waals surface area contributed by atoms with Crippen molar-refractivity contribution in [2.75, 3.05) is 0 Å². The largest absolute Gasteiger partial charge is 0.480 e. The Kier molecular flexibility index (Phi) is 5.94. The number of carboxylic acids is 1. The Hall–Kier alpha value is -2.86. The molecule has 1 aliphatic carbocycles. The first-order valence-corrected chi connectivity index (χ1v) is 9.68. The van der Waals surface area contributed by atoms with Crippen LogP contribution in [0.5, 0.6) is 0 Å². The number of hydrogen-bond acceptors (Lipinski definition) is 4. The summed E-state index contributed by atoms with van der Waals surface area (Å²) in [5, 5.41) is 11.9. The molecule has 2 N–H and O–H groups in total. The molecule has 0 radical (unpaired) electrons. The Bertz CT molecular complexity index is 916. The summed E-state index contributed by atoms with van der Waals surface area (Å²) in [6.07, 6.45) is -0.702. The number of ether oxygens (including phenoxy) is 2. The first kappa shape index (κ1) is 20.9. The monoisotopic (exact) mass is 397 g/mol. The lowest BCUT2D eigenvalue weighted by Crippen LogP contribution is -2.50. The van der Waals surface area contributed by atoms with Crippen molar-refractivity contribution in [1.29, 1.82) is 0 Å². The maximum atomic E-state index is 12.3. The van der Waals surface area contributed by atoms with Crippen molar-refractivity contribution in [2.24, 2.45) is 0 Å². The molecule has 2 unspecified atom stereocenters. The molecule has 1 amide bonds. The van der Waals surface area contributed by atoms with Crippen LogP contribution in [0, 0.1) is 0 Å². The van der Waals surface area contributed by atoms with Gasteiger partial charge in [0.25, 0.3) is 0 Å². The van der Waals surface area contributed by atoms with E-state index in [4.69, 9.17) is 9.47 Å². The number of amides is 1.